The van der Waals surface area contributed by atoms with Crippen LogP contribution < -0.4 is 5.73 Å². The monoisotopic (exact) mass is 434 g/mol. The molecule has 2 rings (SSSR count). The molecule has 0 radical (unpaired) electrons. The summed E-state index contributed by atoms with van der Waals surface area (Å²) >= 11 is 0. The Morgan fingerprint density at radius 1 is 1.17 bits per heavy atom. The Labute approximate surface area is 162 Å². The smallest absolute Gasteiger partial charge is 0.479 e. The van der Waals surface area contributed by atoms with Crippen molar-refractivity contribution in [3.63, 3.8) is 0 Å². The molecule has 1 heterocycles. The van der Waals surface area contributed by atoms with Gasteiger partial charge < -0.3 is 25.6 Å². The second-order valence-corrected chi connectivity index (χ2v) is 7.24. The number of ether oxygens (including phenoxy) is 1. The minimum Gasteiger partial charge on any atom is -0.479 e. The lowest BCUT2D eigenvalue weighted by atomic mass is 9.76. The maximum absolute atomic E-state index is 12.7. The predicted octanol–water partition coefficient (Wildman–Crippen LogP) is 1.47. The van der Waals surface area contributed by atoms with Crippen LogP contribution in [0.15, 0.2) is 0 Å². The minimum atomic E-state index is -5.08. The summed E-state index contributed by atoms with van der Waals surface area (Å²) in [4.78, 5) is 34.2. The quantitative estimate of drug-likeness (QED) is 0.574. The molecule has 1 aliphatic heterocycles. The van der Waals surface area contributed by atoms with Crippen LogP contribution in [0.1, 0.15) is 32.6 Å². The topological polar surface area (TPSA) is 130 Å². The molecule has 1 amide bonds. The van der Waals surface area contributed by atoms with E-state index in [0.717, 1.165) is 0 Å². The summed E-state index contributed by atoms with van der Waals surface area (Å²) in [6.07, 6.45) is -6.66. The lowest BCUT2D eigenvalue weighted by Crippen LogP contribution is -2.63. The molecule has 29 heavy (non-hydrogen) atoms. The van der Waals surface area contributed by atoms with Gasteiger partial charge in [0, 0.05) is 12.5 Å². The van der Waals surface area contributed by atoms with Crippen molar-refractivity contribution in [2.24, 2.45) is 11.7 Å². The van der Waals surface area contributed by atoms with E-state index in [1.807, 2.05) is 0 Å². The van der Waals surface area contributed by atoms with Crippen molar-refractivity contribution < 1.29 is 51.3 Å². The first-order chi connectivity index (χ1) is 13.1. The van der Waals surface area contributed by atoms with Crippen molar-refractivity contribution in [3.05, 3.63) is 0 Å². The van der Waals surface area contributed by atoms with Crippen molar-refractivity contribution >= 4 is 17.8 Å². The van der Waals surface area contributed by atoms with Gasteiger partial charge in [-0.25, -0.2) is 18.4 Å². The highest BCUT2D eigenvalue weighted by Crippen LogP contribution is 2.35. The molecular formula is C16H23F5N2O6. The van der Waals surface area contributed by atoms with Gasteiger partial charge in [0.25, 0.3) is 0 Å². The van der Waals surface area contributed by atoms with Crippen LogP contribution in [0.25, 0.3) is 0 Å². The molecule has 0 bridgehead atoms. The zero-order valence-corrected chi connectivity index (χ0v) is 15.5. The number of aliphatic carboxylic acids is 2. The number of alkyl halides is 5. The number of amides is 1. The van der Waals surface area contributed by atoms with Gasteiger partial charge in [-0.15, -0.1) is 0 Å². The number of carboxylic acids is 2. The van der Waals surface area contributed by atoms with Gasteiger partial charge >= 0.3 is 18.1 Å². The van der Waals surface area contributed by atoms with Crippen LogP contribution in [0.3, 0.4) is 0 Å². The molecule has 0 aromatic carbocycles. The average molecular weight is 434 g/mol. The van der Waals surface area contributed by atoms with Crippen molar-refractivity contribution in [1.29, 1.82) is 0 Å². The van der Waals surface area contributed by atoms with Gasteiger partial charge in [0.1, 0.15) is 0 Å². The Morgan fingerprint density at radius 3 is 2.03 bits per heavy atom. The summed E-state index contributed by atoms with van der Waals surface area (Å²) in [5.41, 5.74) is 3.50. The Kier molecular flexibility index (Phi) is 7.94. The fourth-order valence-corrected chi connectivity index (χ4v) is 3.11. The first kappa shape index (κ1) is 25.0. The van der Waals surface area contributed by atoms with E-state index in [4.69, 9.17) is 20.4 Å². The highest BCUT2D eigenvalue weighted by Gasteiger charge is 2.47. The highest BCUT2D eigenvalue weighted by molar-refractivity contribution is 5.87. The third kappa shape index (κ3) is 6.49. The van der Waals surface area contributed by atoms with E-state index in [1.54, 1.807) is 0 Å². The van der Waals surface area contributed by atoms with Crippen LogP contribution in [0.5, 0.6) is 0 Å². The van der Waals surface area contributed by atoms with Gasteiger partial charge in [0.2, 0.25) is 12.3 Å². The zero-order valence-electron chi connectivity index (χ0n) is 15.5. The van der Waals surface area contributed by atoms with Crippen LogP contribution in [0, 0.1) is 5.92 Å². The van der Waals surface area contributed by atoms with Crippen LogP contribution in [0.4, 0.5) is 22.0 Å². The Bertz CT molecular complexity index is 621. The van der Waals surface area contributed by atoms with E-state index in [2.05, 4.69) is 0 Å². The summed E-state index contributed by atoms with van der Waals surface area (Å²) in [5.74, 6) is -4.97. The Morgan fingerprint density at radius 2 is 1.66 bits per heavy atom. The number of halogens is 5. The molecule has 4 N–H and O–H groups in total. The Balaban J connectivity index is 0.000000516. The number of hydrogen-bond donors (Lipinski definition) is 3. The first-order valence-electron chi connectivity index (χ1n) is 8.66. The average Bonchev–Trinajstić information content (AvgIpc) is 2.61. The third-order valence-electron chi connectivity index (χ3n) is 4.96. The van der Waals surface area contributed by atoms with E-state index >= 15 is 0 Å². The molecular weight excluding hydrogens is 411 g/mol. The summed E-state index contributed by atoms with van der Waals surface area (Å²) < 4.78 is 62.4. The third-order valence-corrected chi connectivity index (χ3v) is 4.96. The maximum Gasteiger partial charge on any atom is 0.490 e. The van der Waals surface area contributed by atoms with Gasteiger partial charge in [-0.1, -0.05) is 0 Å². The zero-order chi connectivity index (χ0) is 22.6. The van der Waals surface area contributed by atoms with Crippen LogP contribution in [0.2, 0.25) is 0 Å². The molecule has 2 fully saturated rings. The van der Waals surface area contributed by atoms with E-state index in [-0.39, 0.29) is 51.3 Å². The number of morpholine rings is 1. The van der Waals surface area contributed by atoms with Gasteiger partial charge in [0.15, 0.2) is 5.60 Å². The van der Waals surface area contributed by atoms with Crippen LogP contribution in [-0.2, 0) is 19.1 Å². The van der Waals surface area contributed by atoms with E-state index < -0.39 is 41.6 Å². The van der Waals surface area contributed by atoms with Gasteiger partial charge in [0.05, 0.1) is 18.7 Å². The molecule has 1 aliphatic carbocycles. The summed E-state index contributed by atoms with van der Waals surface area (Å²) in [7, 11) is 0. The number of carbonyl (C=O) groups is 3. The lowest BCUT2D eigenvalue weighted by Gasteiger charge is -2.43. The predicted molar refractivity (Wildman–Crippen MR) is 87.1 cm³/mol. The van der Waals surface area contributed by atoms with Crippen molar-refractivity contribution in [1.82, 2.24) is 4.90 Å². The molecule has 8 nitrogen and oxygen atoms in total. The highest BCUT2D eigenvalue weighted by atomic mass is 19.4. The largest absolute Gasteiger partial charge is 0.490 e. The number of carbonyl (C=O) groups excluding carboxylic acids is 1. The molecule has 1 atom stereocenters. The first-order valence-corrected chi connectivity index (χ1v) is 8.66. The fourth-order valence-electron chi connectivity index (χ4n) is 3.11. The van der Waals surface area contributed by atoms with Gasteiger partial charge in [-0.3, -0.25) is 4.79 Å². The van der Waals surface area contributed by atoms with Crippen LogP contribution in [-0.4, -0.2) is 76.4 Å². The molecule has 13 heteroatoms. The number of nitrogens with two attached hydrogens (primary N) is 1. The standard InChI is InChI=1S/C14H22F2N2O4.C2HF3O2/c1-13(12(20)21)8-18(6-7-22-13)11(19)14(17)4-2-9(3-5-14)10(15)16;3-2(4,5)1(6)7/h9-10H,2-8,17H2,1H3,(H,20,21);(H,6,7). The van der Waals surface area contributed by atoms with Crippen molar-refractivity contribution in [2.45, 2.75) is 56.3 Å². The molecule has 1 saturated heterocycles. The van der Waals surface area contributed by atoms with E-state index in [9.17, 15) is 36.6 Å². The second-order valence-electron chi connectivity index (χ2n) is 7.24. The van der Waals surface area contributed by atoms with Crippen molar-refractivity contribution in [3.8, 4) is 0 Å². The molecule has 1 unspecified atom stereocenters. The fraction of sp³-hybridized carbons (Fsp3) is 0.812. The molecule has 0 spiro atoms. The van der Waals surface area contributed by atoms with Gasteiger partial charge in [-0.2, -0.15) is 13.2 Å². The number of carboxylic acid groups (broad SMARTS) is 2. The molecule has 1 saturated carbocycles. The lowest BCUT2D eigenvalue weighted by molar-refractivity contribution is -0.192. The summed E-state index contributed by atoms with van der Waals surface area (Å²) in [6, 6.07) is 0. The molecule has 2 aliphatic rings. The van der Waals surface area contributed by atoms with E-state index in [0.29, 0.717) is 0 Å². The van der Waals surface area contributed by atoms with Crippen LogP contribution >= 0.6 is 0 Å². The SMILES string of the molecule is CC1(C(=O)O)CN(C(=O)C2(N)CCC(C(F)F)CC2)CCO1.O=C(O)C(F)(F)F. The number of nitrogens with zero attached hydrogens (tertiary/aromatic N) is 1. The number of hydrogen-bond acceptors (Lipinski definition) is 5. The minimum absolute atomic E-state index is 0.0849. The summed E-state index contributed by atoms with van der Waals surface area (Å²) in [5, 5.41) is 16.3. The summed E-state index contributed by atoms with van der Waals surface area (Å²) in [6.45, 7) is 1.70. The maximum atomic E-state index is 12.7. The second kappa shape index (κ2) is 9.20. The molecule has 168 valence electrons. The molecule has 0 aromatic rings. The number of rotatable bonds is 3. The van der Waals surface area contributed by atoms with Gasteiger partial charge in [-0.05, 0) is 32.6 Å². The van der Waals surface area contributed by atoms with Crippen molar-refractivity contribution in [2.75, 3.05) is 19.7 Å². The molecule has 0 aromatic heterocycles. The van der Waals surface area contributed by atoms with E-state index in [1.165, 1.54) is 11.8 Å². The Hall–Kier alpha value is -2.02. The normalized spacial score (nSPS) is 30.3.